The van der Waals surface area contributed by atoms with Gasteiger partial charge in [-0.1, -0.05) is 31.4 Å². The van der Waals surface area contributed by atoms with Crippen LogP contribution < -0.4 is 10.6 Å². The van der Waals surface area contributed by atoms with Crippen molar-refractivity contribution in [2.45, 2.75) is 49.7 Å². The standard InChI is InChI=1S/C18H21BrN2O5/c1-26-16(24)17(8-3-2-4-9-17)21-13(22)10-18(25)11-6-5-7-12(19)14(11)20-15(18)23/h5-7,25H,2-4,8-10H2,1H3,(H,20,23)(H,21,22). The highest BCUT2D eigenvalue weighted by Crippen LogP contribution is 2.42. The van der Waals surface area contributed by atoms with Gasteiger partial charge in [0.05, 0.1) is 19.2 Å². The molecule has 1 aromatic carbocycles. The van der Waals surface area contributed by atoms with Crippen molar-refractivity contribution < 1.29 is 24.2 Å². The second-order valence-electron chi connectivity index (χ2n) is 6.84. The van der Waals surface area contributed by atoms with Crippen LogP contribution in [0.2, 0.25) is 0 Å². The molecule has 2 aliphatic rings. The number of methoxy groups -OCH3 is 1. The van der Waals surface area contributed by atoms with Crippen LogP contribution in [0.5, 0.6) is 0 Å². The van der Waals surface area contributed by atoms with E-state index in [2.05, 4.69) is 26.6 Å². The van der Waals surface area contributed by atoms with Crippen LogP contribution in [-0.4, -0.2) is 35.5 Å². The van der Waals surface area contributed by atoms with Gasteiger partial charge in [0.2, 0.25) is 5.91 Å². The molecule has 0 bridgehead atoms. The molecular formula is C18H21BrN2O5. The minimum Gasteiger partial charge on any atom is -0.467 e. The zero-order chi connectivity index (χ0) is 18.9. The number of benzene rings is 1. The van der Waals surface area contributed by atoms with E-state index in [0.717, 1.165) is 19.3 Å². The number of carbonyl (C=O) groups is 3. The van der Waals surface area contributed by atoms with Gasteiger partial charge < -0.3 is 20.5 Å². The molecule has 1 aliphatic heterocycles. The molecule has 1 saturated carbocycles. The van der Waals surface area contributed by atoms with Gasteiger partial charge in [-0.15, -0.1) is 0 Å². The van der Waals surface area contributed by atoms with Crippen LogP contribution in [0.1, 0.15) is 44.1 Å². The van der Waals surface area contributed by atoms with Crippen molar-refractivity contribution in [2.75, 3.05) is 12.4 Å². The SMILES string of the molecule is COC(=O)C1(NC(=O)CC2(O)C(=O)Nc3c(Br)cccc32)CCCCC1. The van der Waals surface area contributed by atoms with Crippen molar-refractivity contribution in [3.8, 4) is 0 Å². The summed E-state index contributed by atoms with van der Waals surface area (Å²) in [6, 6.07) is 5.02. The minimum atomic E-state index is -1.98. The summed E-state index contributed by atoms with van der Waals surface area (Å²) in [5.74, 6) is -1.72. The number of aliphatic hydroxyl groups is 1. The lowest BCUT2D eigenvalue weighted by atomic mass is 9.81. The van der Waals surface area contributed by atoms with Crippen molar-refractivity contribution in [3.63, 3.8) is 0 Å². The van der Waals surface area contributed by atoms with Crippen molar-refractivity contribution in [3.05, 3.63) is 28.2 Å². The van der Waals surface area contributed by atoms with Crippen LogP contribution in [0.25, 0.3) is 0 Å². The Balaban J connectivity index is 1.82. The number of para-hydroxylation sites is 1. The van der Waals surface area contributed by atoms with Crippen molar-refractivity contribution in [2.24, 2.45) is 0 Å². The number of halogens is 1. The van der Waals surface area contributed by atoms with Gasteiger partial charge in [0, 0.05) is 10.0 Å². The molecule has 140 valence electrons. The second kappa shape index (κ2) is 7.00. The highest BCUT2D eigenvalue weighted by Gasteiger charge is 2.49. The normalized spacial score (nSPS) is 23.7. The maximum Gasteiger partial charge on any atom is 0.331 e. The predicted octanol–water partition coefficient (Wildman–Crippen LogP) is 1.97. The van der Waals surface area contributed by atoms with Gasteiger partial charge in [-0.05, 0) is 34.8 Å². The Labute approximate surface area is 159 Å². The molecule has 3 N–H and O–H groups in total. The third-order valence-electron chi connectivity index (χ3n) is 5.15. The molecular weight excluding hydrogens is 404 g/mol. The van der Waals surface area contributed by atoms with Crippen LogP contribution in [-0.2, 0) is 24.7 Å². The number of fused-ring (bicyclic) bond motifs is 1. The lowest BCUT2D eigenvalue weighted by Crippen LogP contribution is -2.57. The monoisotopic (exact) mass is 424 g/mol. The fraction of sp³-hybridized carbons (Fsp3) is 0.500. The molecule has 0 spiro atoms. The van der Waals surface area contributed by atoms with E-state index < -0.39 is 35.3 Å². The van der Waals surface area contributed by atoms with Gasteiger partial charge in [0.25, 0.3) is 5.91 Å². The van der Waals surface area contributed by atoms with Gasteiger partial charge in [-0.2, -0.15) is 0 Å². The smallest absolute Gasteiger partial charge is 0.331 e. The minimum absolute atomic E-state index is 0.336. The number of hydrogen-bond acceptors (Lipinski definition) is 5. The first-order chi connectivity index (χ1) is 12.3. The van der Waals surface area contributed by atoms with Crippen molar-refractivity contribution >= 4 is 39.4 Å². The Morgan fingerprint density at radius 2 is 2.00 bits per heavy atom. The Hall–Kier alpha value is -1.93. The van der Waals surface area contributed by atoms with Crippen LogP contribution in [0.3, 0.4) is 0 Å². The van der Waals surface area contributed by atoms with Crippen molar-refractivity contribution in [1.29, 1.82) is 0 Å². The molecule has 0 saturated heterocycles. The van der Waals surface area contributed by atoms with E-state index in [4.69, 9.17) is 4.74 Å². The molecule has 1 atom stereocenters. The molecule has 7 nitrogen and oxygen atoms in total. The van der Waals surface area contributed by atoms with E-state index in [-0.39, 0.29) is 0 Å². The zero-order valence-corrected chi connectivity index (χ0v) is 16.0. The molecule has 8 heteroatoms. The number of rotatable bonds is 4. The molecule has 0 aromatic heterocycles. The Kier molecular flexibility index (Phi) is 5.07. The van der Waals surface area contributed by atoms with E-state index in [1.807, 2.05) is 0 Å². The first-order valence-electron chi connectivity index (χ1n) is 8.55. The summed E-state index contributed by atoms with van der Waals surface area (Å²) >= 11 is 3.32. The summed E-state index contributed by atoms with van der Waals surface area (Å²) in [6.45, 7) is 0. The topological polar surface area (TPSA) is 105 Å². The van der Waals surface area contributed by atoms with E-state index >= 15 is 0 Å². The molecule has 3 rings (SSSR count). The zero-order valence-electron chi connectivity index (χ0n) is 14.4. The lowest BCUT2D eigenvalue weighted by molar-refractivity contribution is -0.154. The number of anilines is 1. The molecule has 0 radical (unpaired) electrons. The summed E-state index contributed by atoms with van der Waals surface area (Å²) in [5.41, 5.74) is -2.28. The molecule has 1 aromatic rings. The number of esters is 1. The molecule has 1 fully saturated rings. The van der Waals surface area contributed by atoms with Gasteiger partial charge in [0.15, 0.2) is 5.60 Å². The first kappa shape index (κ1) is 18.8. The predicted molar refractivity (Wildman–Crippen MR) is 97.3 cm³/mol. The fourth-order valence-electron chi connectivity index (χ4n) is 3.78. The Bertz CT molecular complexity index is 760. The lowest BCUT2D eigenvalue weighted by Gasteiger charge is -2.35. The summed E-state index contributed by atoms with van der Waals surface area (Å²) in [5, 5.41) is 16.2. The molecule has 1 aliphatic carbocycles. The highest BCUT2D eigenvalue weighted by molar-refractivity contribution is 9.10. The Morgan fingerprint density at radius 3 is 2.65 bits per heavy atom. The number of carbonyl (C=O) groups excluding carboxylic acids is 3. The quantitative estimate of drug-likeness (QED) is 0.640. The second-order valence-corrected chi connectivity index (χ2v) is 7.69. The molecule has 26 heavy (non-hydrogen) atoms. The third-order valence-corrected chi connectivity index (χ3v) is 5.81. The number of amides is 2. The third kappa shape index (κ3) is 3.12. The van der Waals surface area contributed by atoms with Crippen LogP contribution in [0, 0.1) is 0 Å². The maximum atomic E-state index is 12.7. The van der Waals surface area contributed by atoms with Gasteiger partial charge in [-0.25, -0.2) is 4.79 Å². The number of nitrogens with one attached hydrogen (secondary N) is 2. The maximum absolute atomic E-state index is 12.7. The van der Waals surface area contributed by atoms with E-state index in [1.54, 1.807) is 18.2 Å². The van der Waals surface area contributed by atoms with Crippen molar-refractivity contribution in [1.82, 2.24) is 5.32 Å². The van der Waals surface area contributed by atoms with Gasteiger partial charge >= 0.3 is 5.97 Å². The summed E-state index contributed by atoms with van der Waals surface area (Å²) in [7, 11) is 1.29. The molecule has 2 amide bonds. The number of ether oxygens (including phenoxy) is 1. The van der Waals surface area contributed by atoms with E-state index in [0.29, 0.717) is 28.6 Å². The van der Waals surface area contributed by atoms with Gasteiger partial charge in [-0.3, -0.25) is 9.59 Å². The summed E-state index contributed by atoms with van der Waals surface area (Å²) in [6.07, 6.45) is 3.09. The molecule has 1 unspecified atom stereocenters. The average molecular weight is 425 g/mol. The summed E-state index contributed by atoms with van der Waals surface area (Å²) < 4.78 is 5.50. The Morgan fingerprint density at radius 1 is 1.31 bits per heavy atom. The van der Waals surface area contributed by atoms with E-state index in [1.165, 1.54) is 7.11 Å². The largest absolute Gasteiger partial charge is 0.467 e. The average Bonchev–Trinajstić information content (AvgIpc) is 2.87. The highest BCUT2D eigenvalue weighted by atomic mass is 79.9. The first-order valence-corrected chi connectivity index (χ1v) is 9.34. The van der Waals surface area contributed by atoms with Gasteiger partial charge in [0.1, 0.15) is 5.54 Å². The summed E-state index contributed by atoms with van der Waals surface area (Å²) in [4.78, 5) is 37.3. The number of hydrogen-bond donors (Lipinski definition) is 3. The van der Waals surface area contributed by atoms with Crippen LogP contribution >= 0.6 is 15.9 Å². The van der Waals surface area contributed by atoms with Crippen LogP contribution in [0.15, 0.2) is 22.7 Å². The van der Waals surface area contributed by atoms with Crippen LogP contribution in [0.4, 0.5) is 5.69 Å². The molecule has 1 heterocycles. The van der Waals surface area contributed by atoms with E-state index in [9.17, 15) is 19.5 Å². The fourth-order valence-corrected chi connectivity index (χ4v) is 4.25.